The molecule has 0 fully saturated rings. The number of anilines is 1. The number of fused-ring (bicyclic) bond motifs is 1. The maximum absolute atomic E-state index is 11.1. The van der Waals surface area contributed by atoms with E-state index in [1.807, 2.05) is 0 Å². The van der Waals surface area contributed by atoms with Crippen LogP contribution in [0.25, 0.3) is 11.0 Å². The molecule has 0 bridgehead atoms. The zero-order chi connectivity index (χ0) is 11.2. The van der Waals surface area contributed by atoms with Crippen LogP contribution in [0.4, 0.5) is 5.69 Å². The van der Waals surface area contributed by atoms with Gasteiger partial charge < -0.3 is 15.7 Å². The first-order valence-electron chi connectivity index (χ1n) is 3.90. The van der Waals surface area contributed by atoms with Gasteiger partial charge in [0.1, 0.15) is 0 Å². The Balaban J connectivity index is 3.11. The van der Waals surface area contributed by atoms with Crippen molar-refractivity contribution in [1.82, 2.24) is 9.97 Å². The molecule has 15 heavy (non-hydrogen) atoms. The number of benzene rings is 1. The number of nitrogen functional groups attached to an aromatic ring is 1. The Morgan fingerprint density at radius 3 is 2.13 bits per heavy atom. The SMILES string of the molecule is Nc1c(Cl)cc(Cl)c2[nH]c(=O)c(=O)[nH]c12. The Labute approximate surface area is 92.8 Å². The topological polar surface area (TPSA) is 91.7 Å². The van der Waals surface area contributed by atoms with Gasteiger partial charge in [0.15, 0.2) is 0 Å². The smallest absolute Gasteiger partial charge is 0.314 e. The third-order valence-corrected chi connectivity index (χ3v) is 2.56. The van der Waals surface area contributed by atoms with E-state index < -0.39 is 11.1 Å². The number of halogens is 2. The minimum atomic E-state index is -0.799. The Morgan fingerprint density at radius 2 is 1.53 bits per heavy atom. The lowest BCUT2D eigenvalue weighted by Gasteiger charge is -2.04. The van der Waals surface area contributed by atoms with Crippen LogP contribution in [0.15, 0.2) is 15.7 Å². The van der Waals surface area contributed by atoms with E-state index in [4.69, 9.17) is 28.9 Å². The molecule has 5 nitrogen and oxygen atoms in total. The summed E-state index contributed by atoms with van der Waals surface area (Å²) in [6.45, 7) is 0. The molecule has 78 valence electrons. The summed E-state index contributed by atoms with van der Waals surface area (Å²) in [5, 5.41) is 0.438. The van der Waals surface area contributed by atoms with E-state index in [1.165, 1.54) is 6.07 Å². The highest BCUT2D eigenvalue weighted by Gasteiger charge is 2.10. The van der Waals surface area contributed by atoms with Gasteiger partial charge in [-0.25, -0.2) is 0 Å². The first kappa shape index (κ1) is 10.1. The molecule has 0 aliphatic carbocycles. The van der Waals surface area contributed by atoms with Gasteiger partial charge in [0, 0.05) is 0 Å². The molecular formula is C8H5Cl2N3O2. The summed E-state index contributed by atoms with van der Waals surface area (Å²) >= 11 is 11.6. The zero-order valence-electron chi connectivity index (χ0n) is 7.23. The van der Waals surface area contributed by atoms with Crippen LogP contribution in [0, 0.1) is 0 Å². The molecule has 0 aliphatic heterocycles. The van der Waals surface area contributed by atoms with E-state index in [0.717, 1.165) is 0 Å². The minimum Gasteiger partial charge on any atom is -0.396 e. The molecule has 1 heterocycles. The monoisotopic (exact) mass is 245 g/mol. The maximum atomic E-state index is 11.1. The van der Waals surface area contributed by atoms with Crippen LogP contribution in [-0.4, -0.2) is 9.97 Å². The van der Waals surface area contributed by atoms with E-state index in [0.29, 0.717) is 0 Å². The Hall–Kier alpha value is -1.46. The third-order valence-electron chi connectivity index (χ3n) is 1.95. The van der Waals surface area contributed by atoms with E-state index in [-0.39, 0.29) is 26.8 Å². The molecule has 4 N–H and O–H groups in total. The molecule has 0 radical (unpaired) electrons. The van der Waals surface area contributed by atoms with Crippen LogP contribution in [-0.2, 0) is 0 Å². The van der Waals surface area contributed by atoms with Crippen molar-refractivity contribution in [3.63, 3.8) is 0 Å². The number of aromatic nitrogens is 2. The van der Waals surface area contributed by atoms with Crippen molar-refractivity contribution in [1.29, 1.82) is 0 Å². The predicted molar refractivity (Wildman–Crippen MR) is 59.6 cm³/mol. The highest BCUT2D eigenvalue weighted by atomic mass is 35.5. The molecule has 1 aromatic heterocycles. The first-order valence-corrected chi connectivity index (χ1v) is 4.66. The summed E-state index contributed by atoms with van der Waals surface area (Å²) in [4.78, 5) is 26.8. The Morgan fingerprint density at radius 1 is 1.00 bits per heavy atom. The highest BCUT2D eigenvalue weighted by molar-refractivity contribution is 6.40. The number of H-pyrrole nitrogens is 2. The van der Waals surface area contributed by atoms with Crippen molar-refractivity contribution in [2.75, 3.05) is 5.73 Å². The van der Waals surface area contributed by atoms with Gasteiger partial charge in [-0.2, -0.15) is 0 Å². The molecule has 0 saturated heterocycles. The number of hydrogen-bond donors (Lipinski definition) is 3. The third kappa shape index (κ3) is 1.49. The number of rotatable bonds is 0. The van der Waals surface area contributed by atoms with Gasteiger partial charge in [0.25, 0.3) is 0 Å². The van der Waals surface area contributed by atoms with Crippen molar-refractivity contribution in [3.8, 4) is 0 Å². The number of nitrogens with one attached hydrogen (secondary N) is 2. The van der Waals surface area contributed by atoms with Crippen LogP contribution in [0.1, 0.15) is 0 Å². The van der Waals surface area contributed by atoms with Crippen molar-refractivity contribution in [2.45, 2.75) is 0 Å². The van der Waals surface area contributed by atoms with E-state index in [2.05, 4.69) is 9.97 Å². The fraction of sp³-hybridized carbons (Fsp3) is 0. The van der Waals surface area contributed by atoms with E-state index in [1.54, 1.807) is 0 Å². The van der Waals surface area contributed by atoms with Crippen molar-refractivity contribution < 1.29 is 0 Å². The van der Waals surface area contributed by atoms with E-state index >= 15 is 0 Å². The fourth-order valence-electron chi connectivity index (χ4n) is 1.23. The van der Waals surface area contributed by atoms with Crippen LogP contribution in [0.5, 0.6) is 0 Å². The number of aromatic amines is 2. The largest absolute Gasteiger partial charge is 0.396 e. The molecule has 2 rings (SSSR count). The second-order valence-electron chi connectivity index (χ2n) is 2.91. The molecule has 0 spiro atoms. The van der Waals surface area contributed by atoms with Crippen LogP contribution in [0.3, 0.4) is 0 Å². The fourth-order valence-corrected chi connectivity index (χ4v) is 1.74. The second-order valence-corrected chi connectivity index (χ2v) is 3.73. The van der Waals surface area contributed by atoms with Crippen LogP contribution >= 0.6 is 23.2 Å². The maximum Gasteiger partial charge on any atom is 0.314 e. The summed E-state index contributed by atoms with van der Waals surface area (Å²) in [7, 11) is 0. The summed E-state index contributed by atoms with van der Waals surface area (Å²) < 4.78 is 0. The average Bonchev–Trinajstić information content (AvgIpc) is 2.18. The molecule has 0 aliphatic rings. The molecular weight excluding hydrogens is 241 g/mol. The van der Waals surface area contributed by atoms with Gasteiger partial charge in [0.2, 0.25) is 0 Å². The van der Waals surface area contributed by atoms with Crippen molar-refractivity contribution in [3.05, 3.63) is 36.8 Å². The van der Waals surface area contributed by atoms with Crippen LogP contribution in [0.2, 0.25) is 10.0 Å². The molecule has 2 aromatic rings. The summed E-state index contributed by atoms with van der Waals surface area (Å²) in [6.07, 6.45) is 0. The molecule has 7 heteroatoms. The standard InChI is InChI=1S/C8H5Cl2N3O2/c9-2-1-3(10)5-6(4(2)11)13-8(15)7(14)12-5/h1H,11H2,(H,12,14)(H,13,15). The molecule has 1 aromatic carbocycles. The lowest BCUT2D eigenvalue weighted by Crippen LogP contribution is -2.29. The van der Waals surface area contributed by atoms with Gasteiger partial charge >= 0.3 is 11.1 Å². The molecule has 0 amide bonds. The van der Waals surface area contributed by atoms with E-state index in [9.17, 15) is 9.59 Å². The lowest BCUT2D eigenvalue weighted by atomic mass is 10.2. The average molecular weight is 246 g/mol. The van der Waals surface area contributed by atoms with Crippen molar-refractivity contribution >= 4 is 39.9 Å². The van der Waals surface area contributed by atoms with Gasteiger partial charge in [-0.1, -0.05) is 23.2 Å². The Kier molecular flexibility index (Phi) is 2.21. The van der Waals surface area contributed by atoms with Gasteiger partial charge in [-0.05, 0) is 6.07 Å². The van der Waals surface area contributed by atoms with Crippen molar-refractivity contribution in [2.24, 2.45) is 0 Å². The summed E-state index contributed by atoms with van der Waals surface area (Å²) in [5.41, 5.74) is 4.71. The van der Waals surface area contributed by atoms with Gasteiger partial charge in [-0.15, -0.1) is 0 Å². The number of hydrogen-bond acceptors (Lipinski definition) is 3. The highest BCUT2D eigenvalue weighted by Crippen LogP contribution is 2.30. The lowest BCUT2D eigenvalue weighted by molar-refractivity contribution is 1.15. The van der Waals surface area contributed by atoms with Crippen LogP contribution < -0.4 is 16.9 Å². The molecule has 0 saturated carbocycles. The molecule has 0 atom stereocenters. The second kappa shape index (κ2) is 3.29. The predicted octanol–water partition coefficient (Wildman–Crippen LogP) is 1.11. The normalized spacial score (nSPS) is 10.8. The summed E-state index contributed by atoms with van der Waals surface area (Å²) in [5.74, 6) is 0. The minimum absolute atomic E-state index is 0.171. The Bertz CT molecular complexity index is 659. The van der Waals surface area contributed by atoms with Gasteiger partial charge in [-0.3, -0.25) is 9.59 Å². The summed E-state index contributed by atoms with van der Waals surface area (Å²) in [6, 6.07) is 1.40. The first-order chi connectivity index (χ1) is 7.00. The molecule has 0 unspecified atom stereocenters. The number of nitrogens with two attached hydrogens (primary N) is 1. The zero-order valence-corrected chi connectivity index (χ0v) is 8.74. The quantitative estimate of drug-likeness (QED) is 0.480. The van der Waals surface area contributed by atoms with Gasteiger partial charge in [0.05, 0.1) is 26.8 Å².